The Balaban J connectivity index is 1.71. The molecule has 2 unspecified atom stereocenters. The summed E-state index contributed by atoms with van der Waals surface area (Å²) in [6, 6.07) is 4.54. The van der Waals surface area contributed by atoms with Crippen LogP contribution in [0.2, 0.25) is 0 Å². The van der Waals surface area contributed by atoms with E-state index in [1.165, 1.54) is 0 Å². The van der Waals surface area contributed by atoms with E-state index in [0.717, 1.165) is 31.6 Å². The van der Waals surface area contributed by atoms with Gasteiger partial charge in [-0.2, -0.15) is 0 Å². The van der Waals surface area contributed by atoms with Crippen LogP contribution in [0.1, 0.15) is 40.0 Å². The Hall–Kier alpha value is -1.78. The van der Waals surface area contributed by atoms with E-state index in [0.29, 0.717) is 30.2 Å². The Morgan fingerprint density at radius 1 is 1.27 bits per heavy atom. The van der Waals surface area contributed by atoms with Crippen molar-refractivity contribution >= 4 is 17.4 Å². The van der Waals surface area contributed by atoms with E-state index in [-0.39, 0.29) is 5.41 Å². The van der Waals surface area contributed by atoms with E-state index in [2.05, 4.69) is 35.6 Å². The van der Waals surface area contributed by atoms with Crippen molar-refractivity contribution in [3.05, 3.63) is 18.3 Å². The van der Waals surface area contributed by atoms with Crippen LogP contribution in [0.5, 0.6) is 0 Å². The minimum absolute atomic E-state index is 0.0501. The van der Waals surface area contributed by atoms with Crippen LogP contribution in [0, 0.1) is 5.41 Å². The van der Waals surface area contributed by atoms with Gasteiger partial charge < -0.3 is 15.5 Å². The second-order valence-corrected chi connectivity index (χ2v) is 7.77. The zero-order valence-electron chi connectivity index (χ0n) is 13.7. The Bertz CT molecular complexity index is 535. The number of nitrogens with two attached hydrogens (primary N) is 1. The van der Waals surface area contributed by atoms with Crippen molar-refractivity contribution in [2.24, 2.45) is 5.41 Å². The second kappa shape index (κ2) is 5.45. The molecule has 1 aromatic rings. The third kappa shape index (κ3) is 3.03. The summed E-state index contributed by atoms with van der Waals surface area (Å²) in [7, 11) is 0. The predicted molar refractivity (Wildman–Crippen MR) is 88.6 cm³/mol. The fraction of sp³-hybridized carbons (Fsp3) is 0.647. The van der Waals surface area contributed by atoms with Gasteiger partial charge in [-0.15, -0.1) is 0 Å². The number of aromatic nitrogens is 1. The van der Waals surface area contributed by atoms with Crippen LogP contribution in [0.15, 0.2) is 18.3 Å². The summed E-state index contributed by atoms with van der Waals surface area (Å²) in [5, 5.41) is 0. The average molecular weight is 302 g/mol. The number of piperazine rings is 1. The summed E-state index contributed by atoms with van der Waals surface area (Å²) in [6.07, 6.45) is 4.68. The van der Waals surface area contributed by atoms with Crippen molar-refractivity contribution < 1.29 is 4.79 Å². The third-order valence-electron chi connectivity index (χ3n) is 4.59. The molecule has 3 heterocycles. The number of fused-ring (bicyclic) bond motifs is 2. The number of carbonyl (C=O) groups is 1. The van der Waals surface area contributed by atoms with E-state index in [1.807, 2.05) is 18.3 Å². The molecule has 120 valence electrons. The van der Waals surface area contributed by atoms with Gasteiger partial charge in [0.15, 0.2) is 0 Å². The number of hydrogen-bond acceptors (Lipinski definition) is 4. The molecule has 22 heavy (non-hydrogen) atoms. The summed E-state index contributed by atoms with van der Waals surface area (Å²) < 4.78 is 0. The second-order valence-electron chi connectivity index (χ2n) is 7.77. The molecule has 3 rings (SSSR count). The van der Waals surface area contributed by atoms with E-state index in [9.17, 15) is 4.79 Å². The minimum Gasteiger partial charge on any atom is -0.384 e. The van der Waals surface area contributed by atoms with Gasteiger partial charge >= 0.3 is 0 Å². The van der Waals surface area contributed by atoms with Gasteiger partial charge in [0.05, 0.1) is 11.9 Å². The van der Waals surface area contributed by atoms with Crippen molar-refractivity contribution in [1.29, 1.82) is 0 Å². The molecule has 2 N–H and O–H groups in total. The lowest BCUT2D eigenvalue weighted by Crippen LogP contribution is -2.56. The maximum Gasteiger partial charge on any atom is 0.223 e. The van der Waals surface area contributed by atoms with Crippen molar-refractivity contribution in [3.8, 4) is 0 Å². The van der Waals surface area contributed by atoms with Crippen molar-refractivity contribution in [2.75, 3.05) is 23.7 Å². The standard InChI is InChI=1S/C17H26N4O/c1-17(2,3)8-16(22)21-13-4-5-14(21)11-20(10-13)12-6-7-15(18)19-9-12/h6-7,9,13-14H,4-5,8,10-11H2,1-3H3,(H2,18,19). The lowest BCUT2D eigenvalue weighted by atomic mass is 9.91. The molecule has 0 aliphatic carbocycles. The molecular formula is C17H26N4O. The monoisotopic (exact) mass is 302 g/mol. The highest BCUT2D eigenvalue weighted by Crippen LogP contribution is 2.34. The van der Waals surface area contributed by atoms with Crippen LogP contribution in [-0.4, -0.2) is 41.0 Å². The summed E-state index contributed by atoms with van der Waals surface area (Å²) >= 11 is 0. The molecule has 0 aromatic carbocycles. The number of rotatable bonds is 2. The predicted octanol–water partition coefficient (Wildman–Crippen LogP) is 2.28. The average Bonchev–Trinajstić information content (AvgIpc) is 2.69. The molecule has 5 heteroatoms. The maximum absolute atomic E-state index is 12.6. The fourth-order valence-corrected chi connectivity index (χ4v) is 3.65. The summed E-state index contributed by atoms with van der Waals surface area (Å²) in [5.74, 6) is 0.862. The molecule has 2 bridgehead atoms. The molecule has 0 radical (unpaired) electrons. The van der Waals surface area contributed by atoms with Crippen molar-refractivity contribution in [3.63, 3.8) is 0 Å². The first kappa shape index (κ1) is 15.1. The molecule has 0 saturated carbocycles. The minimum atomic E-state index is 0.0501. The topological polar surface area (TPSA) is 62.5 Å². The summed E-state index contributed by atoms with van der Waals surface area (Å²) in [4.78, 5) is 21.3. The van der Waals surface area contributed by atoms with Gasteiger partial charge in [0, 0.05) is 31.6 Å². The Morgan fingerprint density at radius 3 is 2.41 bits per heavy atom. The number of amides is 1. The maximum atomic E-state index is 12.6. The first-order valence-corrected chi connectivity index (χ1v) is 8.11. The molecule has 2 saturated heterocycles. The summed E-state index contributed by atoms with van der Waals surface area (Å²) in [6.45, 7) is 8.19. The van der Waals surface area contributed by atoms with E-state index in [4.69, 9.17) is 5.73 Å². The Morgan fingerprint density at radius 2 is 1.91 bits per heavy atom. The van der Waals surface area contributed by atoms with Crippen LogP contribution in [0.4, 0.5) is 11.5 Å². The van der Waals surface area contributed by atoms with Crippen molar-refractivity contribution in [2.45, 2.75) is 52.1 Å². The van der Waals surface area contributed by atoms with Crippen LogP contribution >= 0.6 is 0 Å². The first-order valence-electron chi connectivity index (χ1n) is 8.11. The van der Waals surface area contributed by atoms with Crippen molar-refractivity contribution in [1.82, 2.24) is 9.88 Å². The molecule has 2 aliphatic rings. The molecule has 1 aromatic heterocycles. The first-order chi connectivity index (χ1) is 10.3. The zero-order chi connectivity index (χ0) is 15.9. The zero-order valence-corrected chi connectivity index (χ0v) is 13.7. The van der Waals surface area contributed by atoms with Gasteiger partial charge in [-0.05, 0) is 30.4 Å². The lowest BCUT2D eigenvalue weighted by Gasteiger charge is -2.42. The number of nitrogens with zero attached hydrogens (tertiary/aromatic N) is 3. The molecule has 2 atom stereocenters. The number of carbonyl (C=O) groups excluding carboxylic acids is 1. The van der Waals surface area contributed by atoms with Gasteiger partial charge in [-0.1, -0.05) is 20.8 Å². The van der Waals surface area contributed by atoms with Gasteiger partial charge in [-0.25, -0.2) is 4.98 Å². The third-order valence-corrected chi connectivity index (χ3v) is 4.59. The highest BCUT2D eigenvalue weighted by atomic mass is 16.2. The molecular weight excluding hydrogens is 276 g/mol. The molecule has 2 aliphatic heterocycles. The molecule has 1 amide bonds. The SMILES string of the molecule is CC(C)(C)CC(=O)N1C2CCC1CN(c1ccc(N)nc1)C2. The van der Waals surface area contributed by atoms with Gasteiger partial charge in [-0.3, -0.25) is 4.79 Å². The number of pyridine rings is 1. The van der Waals surface area contributed by atoms with Crippen LogP contribution in [0.3, 0.4) is 0 Å². The normalized spacial score (nSPS) is 24.7. The Labute approximate surface area is 132 Å². The number of hydrogen-bond donors (Lipinski definition) is 1. The lowest BCUT2D eigenvalue weighted by molar-refractivity contribution is -0.136. The van der Waals surface area contributed by atoms with E-state index < -0.39 is 0 Å². The van der Waals surface area contributed by atoms with Crippen LogP contribution in [-0.2, 0) is 4.79 Å². The highest BCUT2D eigenvalue weighted by Gasteiger charge is 2.43. The van der Waals surface area contributed by atoms with E-state index >= 15 is 0 Å². The number of nitrogen functional groups attached to an aromatic ring is 1. The van der Waals surface area contributed by atoms with Gasteiger partial charge in [0.25, 0.3) is 0 Å². The Kier molecular flexibility index (Phi) is 3.75. The summed E-state index contributed by atoms with van der Waals surface area (Å²) in [5.41, 5.74) is 6.82. The highest BCUT2D eigenvalue weighted by molar-refractivity contribution is 5.78. The van der Waals surface area contributed by atoms with Gasteiger partial charge in [0.2, 0.25) is 5.91 Å². The molecule has 5 nitrogen and oxygen atoms in total. The number of anilines is 2. The van der Waals surface area contributed by atoms with Gasteiger partial charge in [0.1, 0.15) is 5.82 Å². The molecule has 0 spiro atoms. The van der Waals surface area contributed by atoms with Crippen LogP contribution in [0.25, 0.3) is 0 Å². The largest absolute Gasteiger partial charge is 0.384 e. The van der Waals surface area contributed by atoms with E-state index in [1.54, 1.807) is 0 Å². The quantitative estimate of drug-likeness (QED) is 0.910. The molecule has 2 fully saturated rings. The smallest absolute Gasteiger partial charge is 0.223 e. The fourth-order valence-electron chi connectivity index (χ4n) is 3.65. The van der Waals surface area contributed by atoms with Crippen LogP contribution < -0.4 is 10.6 Å².